The molecule has 204 valence electrons. The number of ether oxygens (including phenoxy) is 1. The number of para-hydroxylation sites is 1. The molecule has 1 aliphatic heterocycles. The molecular weight excluding hydrogens is 558 g/mol. The third kappa shape index (κ3) is 6.62. The number of sulfonamides is 1. The van der Waals surface area contributed by atoms with Gasteiger partial charge in [0.25, 0.3) is 10.0 Å². The number of carboxylic acids is 1. The van der Waals surface area contributed by atoms with E-state index in [1.807, 2.05) is 0 Å². The first-order chi connectivity index (χ1) is 19.2. The maximum Gasteiger partial charge on any atom is 1.00 e. The van der Waals surface area contributed by atoms with E-state index in [1.165, 1.54) is 48.5 Å². The maximum absolute atomic E-state index is 13.8. The van der Waals surface area contributed by atoms with Gasteiger partial charge in [-0.25, -0.2) is 12.8 Å². The quantitative estimate of drug-likeness (QED) is 0.222. The van der Waals surface area contributed by atoms with Crippen molar-refractivity contribution in [3.05, 3.63) is 114 Å². The molecule has 1 aliphatic rings. The van der Waals surface area contributed by atoms with E-state index in [2.05, 4.69) is 5.32 Å². The molecule has 0 aliphatic carbocycles. The molecular formula is C30H24FN2NaO6S. The minimum absolute atomic E-state index is 0. The fraction of sp³-hybridized carbons (Fsp3) is 0.133. The molecule has 41 heavy (non-hydrogen) atoms. The van der Waals surface area contributed by atoms with Gasteiger partial charge in [-0.2, -0.15) is 0 Å². The largest absolute Gasteiger partial charge is 1.00 e. The normalized spacial score (nSPS) is 14.1. The van der Waals surface area contributed by atoms with Crippen LogP contribution in [0.5, 0.6) is 5.75 Å². The summed E-state index contributed by atoms with van der Waals surface area (Å²) in [5.41, 5.74) is 2.66. The number of aromatic carboxylic acids is 1. The number of halogens is 1. The number of carbonyl (C=O) groups excluding carboxylic acids is 2. The molecule has 1 N–H and O–H groups in total. The van der Waals surface area contributed by atoms with Crippen LogP contribution in [0.1, 0.15) is 15.9 Å². The van der Waals surface area contributed by atoms with Crippen molar-refractivity contribution in [2.75, 3.05) is 17.5 Å². The van der Waals surface area contributed by atoms with Gasteiger partial charge in [-0.15, -0.1) is 0 Å². The van der Waals surface area contributed by atoms with Crippen molar-refractivity contribution in [1.29, 1.82) is 0 Å². The zero-order valence-electron chi connectivity index (χ0n) is 22.1. The summed E-state index contributed by atoms with van der Waals surface area (Å²) in [6.45, 7) is 0.196. The van der Waals surface area contributed by atoms with Crippen molar-refractivity contribution in [3.63, 3.8) is 0 Å². The average Bonchev–Trinajstić information content (AvgIpc) is 3.37. The van der Waals surface area contributed by atoms with Gasteiger partial charge in [0.1, 0.15) is 24.2 Å². The molecule has 1 atom stereocenters. The van der Waals surface area contributed by atoms with Crippen molar-refractivity contribution in [1.82, 2.24) is 5.32 Å². The number of hydrogen-bond acceptors (Lipinski definition) is 6. The molecule has 0 bridgehead atoms. The van der Waals surface area contributed by atoms with E-state index in [0.717, 1.165) is 21.0 Å². The van der Waals surface area contributed by atoms with Gasteiger partial charge in [-0.05, 0) is 76.9 Å². The molecule has 11 heteroatoms. The number of nitrogens with zero attached hydrogens (tertiary/aromatic N) is 1. The molecule has 0 aromatic heterocycles. The Hall–Kier alpha value is -3.70. The van der Waals surface area contributed by atoms with Gasteiger partial charge in [-0.3, -0.25) is 9.10 Å². The van der Waals surface area contributed by atoms with Crippen LogP contribution in [-0.4, -0.2) is 39.5 Å². The standard InChI is InChI=1S/C30H25FN2O6S.Na/c31-24-11-5-20(6-12-24)21-9-15-26(16-10-21)40(37,38)33-27-4-2-1-3-23(27)19-28(33)29(34)32-17-18-39-25-13-7-22(8-14-25)30(35)36;/h1-16,28H,17-19H2,(H,32,34)(H,35,36);/q;+1/p-1/t28-;/m0./s1. The molecule has 0 fully saturated rings. The van der Waals surface area contributed by atoms with Crippen LogP contribution in [0.4, 0.5) is 10.1 Å². The van der Waals surface area contributed by atoms with E-state index in [-0.39, 0.29) is 65.4 Å². The van der Waals surface area contributed by atoms with Crippen molar-refractivity contribution in [3.8, 4) is 16.9 Å². The Bertz CT molecular complexity index is 1650. The number of nitrogens with one attached hydrogen (secondary N) is 1. The Balaban J connectivity index is 0.00000387. The Morgan fingerprint density at radius 1 is 0.902 bits per heavy atom. The molecule has 0 saturated carbocycles. The number of hydrogen-bond donors (Lipinski definition) is 1. The molecule has 0 radical (unpaired) electrons. The predicted octanol–water partition coefficient (Wildman–Crippen LogP) is 0.175. The molecule has 1 amide bonds. The molecule has 4 aromatic carbocycles. The summed E-state index contributed by atoms with van der Waals surface area (Å²) < 4.78 is 47.6. The van der Waals surface area contributed by atoms with Gasteiger partial charge in [0.15, 0.2) is 0 Å². The minimum Gasteiger partial charge on any atom is -0.545 e. The van der Waals surface area contributed by atoms with E-state index in [0.29, 0.717) is 11.4 Å². The van der Waals surface area contributed by atoms with Gasteiger partial charge in [-0.1, -0.05) is 42.5 Å². The fourth-order valence-corrected chi connectivity index (χ4v) is 6.23. The van der Waals surface area contributed by atoms with Crippen LogP contribution < -0.4 is 49.0 Å². The summed E-state index contributed by atoms with van der Waals surface area (Å²) in [5.74, 6) is -1.71. The number of rotatable bonds is 9. The Kier molecular flexibility index (Phi) is 9.49. The van der Waals surface area contributed by atoms with E-state index in [9.17, 15) is 27.5 Å². The van der Waals surface area contributed by atoms with Crippen LogP contribution in [0.25, 0.3) is 11.1 Å². The third-order valence-electron chi connectivity index (χ3n) is 6.58. The van der Waals surface area contributed by atoms with Gasteiger partial charge in [0.05, 0.1) is 23.1 Å². The monoisotopic (exact) mass is 582 g/mol. The summed E-state index contributed by atoms with van der Waals surface area (Å²) in [4.78, 5) is 24.1. The smallest absolute Gasteiger partial charge is 0.545 e. The van der Waals surface area contributed by atoms with Gasteiger partial charge >= 0.3 is 29.6 Å². The van der Waals surface area contributed by atoms with E-state index < -0.39 is 27.9 Å². The van der Waals surface area contributed by atoms with Crippen LogP contribution in [0, 0.1) is 5.82 Å². The third-order valence-corrected chi connectivity index (χ3v) is 8.41. The Labute approximate surface area is 259 Å². The summed E-state index contributed by atoms with van der Waals surface area (Å²) in [6.07, 6.45) is 0.209. The average molecular weight is 583 g/mol. The fourth-order valence-electron chi connectivity index (χ4n) is 4.58. The van der Waals surface area contributed by atoms with Crippen molar-refractivity contribution in [2.45, 2.75) is 17.4 Å². The summed E-state index contributed by atoms with van der Waals surface area (Å²) >= 11 is 0. The number of anilines is 1. The van der Waals surface area contributed by atoms with Crippen LogP contribution in [0.2, 0.25) is 0 Å². The molecule has 0 spiro atoms. The number of carbonyl (C=O) groups is 2. The second kappa shape index (κ2) is 12.9. The zero-order chi connectivity index (χ0) is 28.3. The van der Waals surface area contributed by atoms with Gasteiger partial charge in [0.2, 0.25) is 5.91 Å². The molecule has 4 aromatic rings. The minimum atomic E-state index is -4.11. The summed E-state index contributed by atoms with van der Waals surface area (Å²) in [7, 11) is -4.11. The second-order valence-electron chi connectivity index (χ2n) is 9.13. The van der Waals surface area contributed by atoms with Crippen molar-refractivity contribution >= 4 is 27.6 Å². The van der Waals surface area contributed by atoms with Crippen molar-refractivity contribution in [2.24, 2.45) is 0 Å². The summed E-state index contributed by atoms with van der Waals surface area (Å²) in [5, 5.41) is 13.6. The first kappa shape index (κ1) is 30.3. The molecule has 1 heterocycles. The molecule has 0 unspecified atom stereocenters. The Morgan fingerprint density at radius 3 is 2.15 bits per heavy atom. The number of fused-ring (bicyclic) bond motifs is 1. The summed E-state index contributed by atoms with van der Waals surface area (Å²) in [6, 6.07) is 23.8. The van der Waals surface area contributed by atoms with E-state index in [4.69, 9.17) is 4.74 Å². The zero-order valence-corrected chi connectivity index (χ0v) is 24.9. The Morgan fingerprint density at radius 2 is 1.51 bits per heavy atom. The number of amides is 1. The van der Waals surface area contributed by atoms with Crippen LogP contribution in [0.3, 0.4) is 0 Å². The maximum atomic E-state index is 13.8. The first-order valence-corrected chi connectivity index (χ1v) is 13.9. The first-order valence-electron chi connectivity index (χ1n) is 12.4. The van der Waals surface area contributed by atoms with Gasteiger partial charge in [0, 0.05) is 6.42 Å². The van der Waals surface area contributed by atoms with E-state index >= 15 is 0 Å². The molecule has 5 rings (SSSR count). The second-order valence-corrected chi connectivity index (χ2v) is 10.9. The number of carboxylic acid groups (broad SMARTS) is 1. The SMILES string of the molecule is O=C([O-])c1ccc(OCCNC(=O)[C@@H]2Cc3ccccc3N2S(=O)(=O)c2ccc(-c3ccc(F)cc3)cc2)cc1.[Na+]. The predicted molar refractivity (Wildman–Crippen MR) is 145 cm³/mol. The number of benzene rings is 4. The molecule has 8 nitrogen and oxygen atoms in total. The van der Waals surface area contributed by atoms with Crippen LogP contribution >= 0.6 is 0 Å². The van der Waals surface area contributed by atoms with Crippen LogP contribution in [-0.2, 0) is 21.2 Å². The van der Waals surface area contributed by atoms with Crippen molar-refractivity contribution < 1.29 is 61.8 Å². The van der Waals surface area contributed by atoms with Gasteiger partial charge < -0.3 is 20.0 Å². The van der Waals surface area contributed by atoms with E-state index in [1.54, 1.807) is 48.5 Å². The molecule has 0 saturated heterocycles. The topological polar surface area (TPSA) is 116 Å². The van der Waals surface area contributed by atoms with Crippen LogP contribution in [0.15, 0.2) is 102 Å².